The smallest absolute Gasteiger partial charge is 0.351 e. The largest absolute Gasteiger partial charge is 0.496 e. The van der Waals surface area contributed by atoms with E-state index in [0.717, 1.165) is 73.5 Å². The number of ether oxygens (including phenoxy) is 3. The van der Waals surface area contributed by atoms with E-state index in [1.54, 1.807) is 13.3 Å². The van der Waals surface area contributed by atoms with Gasteiger partial charge in [-0.2, -0.15) is 0 Å². The molecular formula is C38H51N2O9P. The summed E-state index contributed by atoms with van der Waals surface area (Å²) in [6, 6.07) is 5.88. The van der Waals surface area contributed by atoms with Gasteiger partial charge in [0.05, 0.1) is 26.1 Å². The standard InChI is InChI=1S/C38H51N2O9P/c1-5-26-21-38(26,50(44,45)46)40-35(43)31-19-27-18-30(31)34(42)28(23-10-7-6-8-11-23)20-33(41)48-22-37(2,3)14-9-12-25-16-29-24(17-32(25)47-4)13-15-39-36(29)49-27/h5,13,15-17,23,26-28,30-31H,1,6-12,14,18-22H2,2-4H3,(H,40,43)(H2,44,45,46)/t26-,27-,28-,30?,31+,38-/m0/s1. The van der Waals surface area contributed by atoms with Crippen molar-refractivity contribution in [1.29, 1.82) is 0 Å². The van der Waals surface area contributed by atoms with Crippen molar-refractivity contribution in [3.63, 3.8) is 0 Å². The van der Waals surface area contributed by atoms with E-state index in [1.165, 1.54) is 6.08 Å². The summed E-state index contributed by atoms with van der Waals surface area (Å²) < 4.78 is 30.8. The fraction of sp³-hybridized carbons (Fsp3) is 0.632. The number of Topliss-reactive ketones (excluding diaryl/α,β-unsaturated/α-hetero) is 1. The van der Waals surface area contributed by atoms with Gasteiger partial charge in [-0.3, -0.25) is 18.9 Å². The average molecular weight is 711 g/mol. The number of cyclic esters (lactones) is 1. The van der Waals surface area contributed by atoms with Crippen LogP contribution >= 0.6 is 7.60 Å². The third-order valence-electron chi connectivity index (χ3n) is 11.7. The van der Waals surface area contributed by atoms with Crippen LogP contribution in [-0.4, -0.2) is 57.5 Å². The van der Waals surface area contributed by atoms with Gasteiger partial charge in [0.1, 0.15) is 22.9 Å². The Labute approximate surface area is 294 Å². The van der Waals surface area contributed by atoms with E-state index >= 15 is 0 Å². The third-order valence-corrected chi connectivity index (χ3v) is 13.3. The zero-order chi connectivity index (χ0) is 35.8. The quantitative estimate of drug-likeness (QED) is 0.177. The molecule has 11 nitrogen and oxygen atoms in total. The van der Waals surface area contributed by atoms with E-state index in [0.29, 0.717) is 5.88 Å². The van der Waals surface area contributed by atoms with Crippen LogP contribution in [0.2, 0.25) is 0 Å². The molecule has 3 saturated carbocycles. The number of benzene rings is 1. The number of esters is 1. The number of ketones is 1. The van der Waals surface area contributed by atoms with Gasteiger partial charge in [0.25, 0.3) is 0 Å². The van der Waals surface area contributed by atoms with Crippen LogP contribution in [0.3, 0.4) is 0 Å². The Morgan fingerprint density at radius 2 is 1.88 bits per heavy atom. The molecule has 1 aromatic carbocycles. The number of methoxy groups -OCH3 is 1. The molecule has 6 rings (SSSR count). The van der Waals surface area contributed by atoms with Gasteiger partial charge in [0.15, 0.2) is 0 Å². The van der Waals surface area contributed by atoms with Gasteiger partial charge in [-0.15, -0.1) is 6.58 Å². The summed E-state index contributed by atoms with van der Waals surface area (Å²) in [4.78, 5) is 67.4. The van der Waals surface area contributed by atoms with E-state index in [-0.39, 0.29) is 49.4 Å². The molecule has 2 heterocycles. The maximum absolute atomic E-state index is 14.7. The van der Waals surface area contributed by atoms with Gasteiger partial charge in [-0.25, -0.2) is 4.98 Å². The molecule has 3 aliphatic carbocycles. The first-order chi connectivity index (χ1) is 23.7. The number of nitrogens with one attached hydrogen (secondary N) is 1. The molecule has 0 spiro atoms. The summed E-state index contributed by atoms with van der Waals surface area (Å²) in [5, 5.41) is 2.61. The Bertz CT molecular complexity index is 1680. The van der Waals surface area contributed by atoms with Crippen molar-refractivity contribution in [3.8, 4) is 11.6 Å². The second-order valence-electron chi connectivity index (χ2n) is 15.7. The molecule has 4 aliphatic rings. The molecule has 4 bridgehead atoms. The molecular weight excluding hydrogens is 659 g/mol. The van der Waals surface area contributed by atoms with Crippen LogP contribution in [0.4, 0.5) is 0 Å². The molecule has 1 amide bonds. The van der Waals surface area contributed by atoms with Crippen molar-refractivity contribution in [2.75, 3.05) is 13.7 Å². The number of pyridine rings is 1. The molecule has 0 radical (unpaired) electrons. The average Bonchev–Trinajstić information content (AvgIpc) is 3.66. The summed E-state index contributed by atoms with van der Waals surface area (Å²) in [6.45, 7) is 8.05. The van der Waals surface area contributed by atoms with Gasteiger partial charge < -0.3 is 29.3 Å². The van der Waals surface area contributed by atoms with Crippen LogP contribution < -0.4 is 14.8 Å². The fourth-order valence-corrected chi connectivity index (χ4v) is 9.84. The number of rotatable bonds is 6. The Kier molecular flexibility index (Phi) is 10.5. The molecule has 1 aromatic heterocycles. The number of amides is 1. The molecule has 1 unspecified atom stereocenters. The molecule has 3 fully saturated rings. The second kappa shape index (κ2) is 14.4. The number of hydrogen-bond acceptors (Lipinski definition) is 8. The lowest BCUT2D eigenvalue weighted by Crippen LogP contribution is -2.45. The lowest BCUT2D eigenvalue weighted by atomic mass is 9.72. The van der Waals surface area contributed by atoms with Gasteiger partial charge in [-0.1, -0.05) is 39.2 Å². The minimum absolute atomic E-state index is 0.0192. The molecule has 12 heteroatoms. The van der Waals surface area contributed by atoms with E-state index in [2.05, 4.69) is 30.7 Å². The molecule has 3 N–H and O–H groups in total. The normalized spacial score (nSPS) is 30.9. The topological polar surface area (TPSA) is 161 Å². The number of fused-ring (bicyclic) bond motifs is 3. The van der Waals surface area contributed by atoms with E-state index in [9.17, 15) is 28.7 Å². The van der Waals surface area contributed by atoms with Crippen molar-refractivity contribution >= 4 is 36.0 Å². The first-order valence-corrected chi connectivity index (χ1v) is 19.7. The predicted octanol–water partition coefficient (Wildman–Crippen LogP) is 6.27. The summed E-state index contributed by atoms with van der Waals surface area (Å²) in [6.07, 6.45) is 9.85. The maximum atomic E-state index is 14.7. The highest BCUT2D eigenvalue weighted by atomic mass is 31.2. The number of carbonyl (C=O) groups is 3. The third kappa shape index (κ3) is 7.51. The van der Waals surface area contributed by atoms with Gasteiger partial charge in [-0.05, 0) is 91.8 Å². The van der Waals surface area contributed by atoms with E-state index in [4.69, 9.17) is 14.2 Å². The molecule has 2 aromatic rings. The zero-order valence-corrected chi connectivity index (χ0v) is 30.3. The molecule has 50 heavy (non-hydrogen) atoms. The van der Waals surface area contributed by atoms with Crippen LogP contribution in [0.15, 0.2) is 37.1 Å². The molecule has 0 saturated heterocycles. The van der Waals surface area contributed by atoms with Gasteiger partial charge in [0, 0.05) is 29.3 Å². The Hall–Kier alpha value is -3.27. The number of aryl methyl sites for hydroxylation is 1. The zero-order valence-electron chi connectivity index (χ0n) is 29.4. The van der Waals surface area contributed by atoms with E-state index < -0.39 is 54.5 Å². The Balaban J connectivity index is 1.39. The summed E-state index contributed by atoms with van der Waals surface area (Å²) >= 11 is 0. The number of aromatic nitrogens is 1. The summed E-state index contributed by atoms with van der Waals surface area (Å²) in [5.74, 6) is -3.05. The number of carbonyl (C=O) groups excluding carboxylic acids is 3. The summed E-state index contributed by atoms with van der Waals surface area (Å²) in [5.41, 5.74) is 0.691. The molecule has 272 valence electrons. The first-order valence-electron chi connectivity index (χ1n) is 18.1. The van der Waals surface area contributed by atoms with Crippen LogP contribution in [-0.2, 0) is 30.1 Å². The SMILES string of the molecule is C=C[C@H]1C[C@]1(NC(=O)[C@@H]1C[C@@H]2CC1C(=O)[C@H](C1CCCCC1)CC(=O)OCC(C)(C)CCCc1cc3c(nccc3cc1OC)O2)P(=O)(O)O. The minimum Gasteiger partial charge on any atom is -0.496 e. The molecule has 1 aliphatic heterocycles. The number of hydrogen-bond donors (Lipinski definition) is 3. The second-order valence-corrected chi connectivity index (χ2v) is 17.6. The van der Waals surface area contributed by atoms with Crippen LogP contribution in [0, 0.1) is 35.0 Å². The highest BCUT2D eigenvalue weighted by Crippen LogP contribution is 2.67. The highest BCUT2D eigenvalue weighted by molar-refractivity contribution is 7.54. The van der Waals surface area contributed by atoms with Crippen LogP contribution in [0.1, 0.15) is 90.0 Å². The summed E-state index contributed by atoms with van der Waals surface area (Å²) in [7, 11) is -3.12. The van der Waals surface area contributed by atoms with Crippen molar-refractivity contribution < 1.29 is 42.9 Å². The minimum atomic E-state index is -4.76. The van der Waals surface area contributed by atoms with Crippen molar-refractivity contribution in [3.05, 3.63) is 42.6 Å². The van der Waals surface area contributed by atoms with Crippen LogP contribution in [0.5, 0.6) is 11.6 Å². The lowest BCUT2D eigenvalue weighted by Gasteiger charge is -2.32. The highest BCUT2D eigenvalue weighted by Gasteiger charge is 2.66. The van der Waals surface area contributed by atoms with E-state index in [1.807, 2.05) is 18.2 Å². The Morgan fingerprint density at radius 3 is 2.56 bits per heavy atom. The van der Waals surface area contributed by atoms with Crippen LogP contribution in [0.25, 0.3) is 10.8 Å². The number of nitrogens with zero attached hydrogens (tertiary/aromatic N) is 1. The first kappa shape index (κ1) is 36.5. The van der Waals surface area contributed by atoms with Gasteiger partial charge >= 0.3 is 13.6 Å². The lowest BCUT2D eigenvalue weighted by molar-refractivity contribution is -0.151. The molecule has 6 atom stereocenters. The van der Waals surface area contributed by atoms with Crippen molar-refractivity contribution in [1.82, 2.24) is 10.3 Å². The maximum Gasteiger partial charge on any atom is 0.351 e. The monoisotopic (exact) mass is 710 g/mol. The van der Waals surface area contributed by atoms with Crippen molar-refractivity contribution in [2.24, 2.45) is 35.0 Å². The van der Waals surface area contributed by atoms with Gasteiger partial charge in [0.2, 0.25) is 11.8 Å². The predicted molar refractivity (Wildman–Crippen MR) is 188 cm³/mol. The Morgan fingerprint density at radius 1 is 1.12 bits per heavy atom. The van der Waals surface area contributed by atoms with Crippen molar-refractivity contribution in [2.45, 2.75) is 102 Å². The fourth-order valence-electron chi connectivity index (χ4n) is 8.61.